The van der Waals surface area contributed by atoms with Gasteiger partial charge in [-0.1, -0.05) is 6.07 Å². The molecular weight excluding hydrogens is 214 g/mol. The molecule has 0 aromatic carbocycles. The highest BCUT2D eigenvalue weighted by Crippen LogP contribution is 2.20. The van der Waals surface area contributed by atoms with Gasteiger partial charge in [-0.05, 0) is 17.9 Å². The van der Waals surface area contributed by atoms with Crippen LogP contribution < -0.4 is 5.32 Å². The van der Waals surface area contributed by atoms with Gasteiger partial charge in [0.15, 0.2) is 5.78 Å². The van der Waals surface area contributed by atoms with Gasteiger partial charge in [-0.25, -0.2) is 0 Å². The van der Waals surface area contributed by atoms with E-state index in [0.717, 1.165) is 0 Å². The summed E-state index contributed by atoms with van der Waals surface area (Å²) in [6.45, 7) is 0.386. The number of hydrogen-bond acceptors (Lipinski definition) is 4. The van der Waals surface area contributed by atoms with Crippen LogP contribution in [0.3, 0.4) is 0 Å². The molecule has 0 saturated carbocycles. The van der Waals surface area contributed by atoms with Crippen molar-refractivity contribution >= 4 is 23.1 Å². The van der Waals surface area contributed by atoms with Gasteiger partial charge in [0.1, 0.15) is 0 Å². The third-order valence-electron chi connectivity index (χ3n) is 2.56. The van der Waals surface area contributed by atoms with E-state index in [0.29, 0.717) is 17.8 Å². The number of Topliss-reactive ketones (excluding diaryl/α,β-unsaturated/α-hetero) is 1. The lowest BCUT2D eigenvalue weighted by atomic mass is 10.0. The molecule has 0 spiro atoms. The Hall–Kier alpha value is -1.20. The summed E-state index contributed by atoms with van der Waals surface area (Å²) >= 11 is 1.39. The molecule has 1 aromatic rings. The topological polar surface area (TPSA) is 66.4 Å². The first-order chi connectivity index (χ1) is 7.18. The quantitative estimate of drug-likeness (QED) is 0.753. The average Bonchev–Trinajstić information content (AvgIpc) is 2.88. The second kappa shape index (κ2) is 4.12. The zero-order valence-corrected chi connectivity index (χ0v) is 8.79. The lowest BCUT2D eigenvalue weighted by Gasteiger charge is -2.06. The van der Waals surface area contributed by atoms with E-state index in [9.17, 15) is 9.59 Å². The highest BCUT2D eigenvalue weighted by atomic mass is 32.1. The van der Waals surface area contributed by atoms with Crippen molar-refractivity contribution in [2.75, 3.05) is 6.54 Å². The van der Waals surface area contributed by atoms with Crippen LogP contribution in [0.25, 0.3) is 0 Å². The van der Waals surface area contributed by atoms with Gasteiger partial charge in [-0.15, -0.1) is 11.3 Å². The number of hydrogen-bond donors (Lipinski definition) is 2. The van der Waals surface area contributed by atoms with Crippen LogP contribution >= 0.6 is 11.3 Å². The zero-order chi connectivity index (χ0) is 10.8. The number of carboxylic acids is 1. The van der Waals surface area contributed by atoms with Crippen molar-refractivity contribution in [3.8, 4) is 0 Å². The molecule has 2 unspecified atom stereocenters. The summed E-state index contributed by atoms with van der Waals surface area (Å²) in [6, 6.07) is 3.26. The van der Waals surface area contributed by atoms with Crippen molar-refractivity contribution in [3.63, 3.8) is 0 Å². The first-order valence-electron chi connectivity index (χ1n) is 4.72. The lowest BCUT2D eigenvalue weighted by molar-refractivity contribution is -0.141. The Morgan fingerprint density at radius 1 is 1.53 bits per heavy atom. The molecule has 2 heterocycles. The summed E-state index contributed by atoms with van der Waals surface area (Å²) in [6.07, 6.45) is 0.395. The van der Waals surface area contributed by atoms with E-state index in [4.69, 9.17) is 5.11 Å². The predicted octanol–water partition coefficient (Wildman–Crippen LogP) is 0.993. The molecule has 0 bridgehead atoms. The fourth-order valence-electron chi connectivity index (χ4n) is 1.71. The Balaban J connectivity index is 2.02. The van der Waals surface area contributed by atoms with Gasteiger partial charge in [0.05, 0.1) is 16.8 Å². The van der Waals surface area contributed by atoms with Gasteiger partial charge < -0.3 is 10.4 Å². The van der Waals surface area contributed by atoms with Crippen LogP contribution in [0.15, 0.2) is 17.5 Å². The van der Waals surface area contributed by atoms with Gasteiger partial charge in [0, 0.05) is 6.54 Å². The third-order valence-corrected chi connectivity index (χ3v) is 3.45. The number of carbonyl (C=O) groups is 2. The summed E-state index contributed by atoms with van der Waals surface area (Å²) in [5, 5.41) is 13.6. The summed E-state index contributed by atoms with van der Waals surface area (Å²) in [5.41, 5.74) is 0. The highest BCUT2D eigenvalue weighted by molar-refractivity contribution is 7.12. The van der Waals surface area contributed by atoms with Crippen LogP contribution in [0.2, 0.25) is 0 Å². The molecule has 0 amide bonds. The molecular formula is C10H11NO3S. The standard InChI is InChI=1S/C10H11NO3S/c12-9(8-2-1-3-15-8)7-4-6(5-11-7)10(13)14/h1-3,6-7,11H,4-5H2,(H,13,14). The molecule has 5 heteroatoms. The largest absolute Gasteiger partial charge is 0.481 e. The van der Waals surface area contributed by atoms with Crippen molar-refractivity contribution in [1.29, 1.82) is 0 Å². The fourth-order valence-corrected chi connectivity index (χ4v) is 2.43. The Labute approximate surface area is 90.9 Å². The Morgan fingerprint density at radius 2 is 2.33 bits per heavy atom. The molecule has 2 rings (SSSR count). The van der Waals surface area contributed by atoms with Crippen LogP contribution in [0.5, 0.6) is 0 Å². The maximum atomic E-state index is 11.8. The van der Waals surface area contributed by atoms with Gasteiger partial charge in [0.2, 0.25) is 0 Å². The Morgan fingerprint density at radius 3 is 2.87 bits per heavy atom. The number of thiophene rings is 1. The van der Waals surface area contributed by atoms with Crippen molar-refractivity contribution < 1.29 is 14.7 Å². The molecule has 0 aliphatic carbocycles. The maximum absolute atomic E-state index is 11.8. The van der Waals surface area contributed by atoms with E-state index >= 15 is 0 Å². The van der Waals surface area contributed by atoms with E-state index in [1.807, 2.05) is 11.4 Å². The van der Waals surface area contributed by atoms with Crippen molar-refractivity contribution in [1.82, 2.24) is 5.32 Å². The average molecular weight is 225 g/mol. The first-order valence-corrected chi connectivity index (χ1v) is 5.60. The summed E-state index contributed by atoms with van der Waals surface area (Å²) < 4.78 is 0. The van der Waals surface area contributed by atoms with Crippen LogP contribution in [0, 0.1) is 5.92 Å². The number of rotatable bonds is 3. The van der Waals surface area contributed by atoms with E-state index in [1.165, 1.54) is 11.3 Å². The van der Waals surface area contributed by atoms with E-state index in [-0.39, 0.29) is 11.8 Å². The fraction of sp³-hybridized carbons (Fsp3) is 0.400. The summed E-state index contributed by atoms with van der Waals surface area (Å²) in [4.78, 5) is 23.2. The molecule has 0 radical (unpaired) electrons. The molecule has 1 saturated heterocycles. The van der Waals surface area contributed by atoms with Crippen LogP contribution in [0.4, 0.5) is 0 Å². The second-order valence-electron chi connectivity index (χ2n) is 3.57. The van der Waals surface area contributed by atoms with Gasteiger partial charge in [0.25, 0.3) is 0 Å². The first kappa shape index (κ1) is 10.3. The number of ketones is 1. The normalized spacial score (nSPS) is 25.3. The van der Waals surface area contributed by atoms with E-state index < -0.39 is 11.9 Å². The monoisotopic (exact) mass is 225 g/mol. The minimum absolute atomic E-state index is 0.00810. The number of carbonyl (C=O) groups excluding carboxylic acids is 1. The molecule has 4 nitrogen and oxygen atoms in total. The minimum Gasteiger partial charge on any atom is -0.481 e. The Kier molecular flexibility index (Phi) is 2.83. The second-order valence-corrected chi connectivity index (χ2v) is 4.52. The number of carboxylic acid groups (broad SMARTS) is 1. The smallest absolute Gasteiger partial charge is 0.307 e. The van der Waals surface area contributed by atoms with Crippen molar-refractivity contribution in [2.24, 2.45) is 5.92 Å². The molecule has 2 N–H and O–H groups in total. The molecule has 80 valence electrons. The molecule has 2 atom stereocenters. The molecule has 1 fully saturated rings. The molecule has 1 aliphatic heterocycles. The summed E-state index contributed by atoms with van der Waals surface area (Å²) in [7, 11) is 0. The SMILES string of the molecule is O=C(O)C1CNC(C(=O)c2cccs2)C1. The van der Waals surface area contributed by atoms with Crippen LogP contribution in [0.1, 0.15) is 16.1 Å². The number of nitrogens with one attached hydrogen (secondary N) is 1. The van der Waals surface area contributed by atoms with Gasteiger partial charge in [-0.3, -0.25) is 9.59 Å². The van der Waals surface area contributed by atoms with Gasteiger partial charge in [-0.2, -0.15) is 0 Å². The lowest BCUT2D eigenvalue weighted by Crippen LogP contribution is -2.30. The van der Waals surface area contributed by atoms with Crippen LogP contribution in [-0.2, 0) is 4.79 Å². The molecule has 1 aromatic heterocycles. The highest BCUT2D eigenvalue weighted by Gasteiger charge is 2.33. The van der Waals surface area contributed by atoms with E-state index in [2.05, 4.69) is 5.32 Å². The van der Waals surface area contributed by atoms with E-state index in [1.54, 1.807) is 6.07 Å². The predicted molar refractivity (Wildman–Crippen MR) is 56.2 cm³/mol. The molecule has 1 aliphatic rings. The number of aliphatic carboxylic acids is 1. The third kappa shape index (κ3) is 2.08. The zero-order valence-electron chi connectivity index (χ0n) is 7.97. The van der Waals surface area contributed by atoms with Gasteiger partial charge >= 0.3 is 5.97 Å². The maximum Gasteiger partial charge on any atom is 0.307 e. The van der Waals surface area contributed by atoms with Crippen molar-refractivity contribution in [2.45, 2.75) is 12.5 Å². The summed E-state index contributed by atoms with van der Waals surface area (Å²) in [5.74, 6) is -1.25. The minimum atomic E-state index is -0.830. The van der Waals surface area contributed by atoms with Crippen molar-refractivity contribution in [3.05, 3.63) is 22.4 Å². The molecule has 15 heavy (non-hydrogen) atoms. The van der Waals surface area contributed by atoms with Crippen LogP contribution in [-0.4, -0.2) is 29.4 Å². The Bertz CT molecular complexity index is 374.